The highest BCUT2D eigenvalue weighted by atomic mass is 32.2. The second kappa shape index (κ2) is 6.55. The van der Waals surface area contributed by atoms with Crippen LogP contribution in [0.2, 0.25) is 0 Å². The van der Waals surface area contributed by atoms with Gasteiger partial charge in [-0.3, -0.25) is 9.35 Å². The van der Waals surface area contributed by atoms with Gasteiger partial charge in [0.25, 0.3) is 5.91 Å². The normalized spacial score (nSPS) is 13.0. The zero-order valence-corrected chi connectivity index (χ0v) is 11.5. The van der Waals surface area contributed by atoms with Crippen molar-refractivity contribution in [3.05, 3.63) is 24.0 Å². The van der Waals surface area contributed by atoms with E-state index in [4.69, 9.17) is 4.55 Å². The summed E-state index contributed by atoms with van der Waals surface area (Å²) < 4.78 is 33.3. The Labute approximate surface area is 111 Å². The first-order valence-corrected chi connectivity index (χ1v) is 7.14. The maximum absolute atomic E-state index is 11.5. The van der Waals surface area contributed by atoms with Gasteiger partial charge in [0.2, 0.25) is 0 Å². The fourth-order valence-electron chi connectivity index (χ4n) is 1.46. The van der Waals surface area contributed by atoms with Crippen molar-refractivity contribution in [1.29, 1.82) is 0 Å². The Bertz CT molecular complexity index is 529. The summed E-state index contributed by atoms with van der Waals surface area (Å²) >= 11 is 0. The number of rotatable bonds is 6. The van der Waals surface area contributed by atoms with Crippen molar-refractivity contribution in [3.8, 4) is 0 Å². The lowest BCUT2D eigenvalue weighted by molar-refractivity contribution is -0.755. The highest BCUT2D eigenvalue weighted by Gasteiger charge is 2.16. The lowest BCUT2D eigenvalue weighted by atomic mass is 10.3. The average Bonchev–Trinajstić information content (AvgIpc) is 2.27. The summed E-state index contributed by atoms with van der Waals surface area (Å²) in [6.45, 7) is 4.16. The van der Waals surface area contributed by atoms with E-state index in [9.17, 15) is 13.2 Å². The standard InChI is InChI=1S/C10H16N4O4S/c1-3-11-10(15)9-4-5-14(12-6-9)7-8(2)13-19(16,17)18/h4-6,8,13H,3,7H2,1-2H3,(H-,11,15,16,17,18)/p+1/t8-/m0/s1. The number of aromatic nitrogens is 2. The van der Waals surface area contributed by atoms with Crippen molar-refractivity contribution in [2.45, 2.75) is 26.4 Å². The molecule has 0 bridgehead atoms. The molecule has 0 aliphatic rings. The van der Waals surface area contributed by atoms with Gasteiger partial charge in [0.1, 0.15) is 6.20 Å². The lowest BCUT2D eigenvalue weighted by Crippen LogP contribution is -2.48. The zero-order chi connectivity index (χ0) is 14.5. The van der Waals surface area contributed by atoms with Crippen molar-refractivity contribution in [1.82, 2.24) is 15.1 Å². The van der Waals surface area contributed by atoms with E-state index in [0.717, 1.165) is 0 Å². The molecule has 1 aromatic rings. The second-order valence-electron chi connectivity index (χ2n) is 3.99. The van der Waals surface area contributed by atoms with Crippen LogP contribution in [0.3, 0.4) is 0 Å². The van der Waals surface area contributed by atoms with Crippen LogP contribution in [0.5, 0.6) is 0 Å². The summed E-state index contributed by atoms with van der Waals surface area (Å²) in [6, 6.07) is 1.06. The molecule has 3 N–H and O–H groups in total. The molecule has 0 aliphatic heterocycles. The number of amides is 1. The lowest BCUT2D eigenvalue weighted by Gasteiger charge is -2.06. The van der Waals surface area contributed by atoms with E-state index in [0.29, 0.717) is 12.1 Å². The van der Waals surface area contributed by atoms with E-state index in [1.54, 1.807) is 19.2 Å². The first-order chi connectivity index (χ1) is 8.81. The molecule has 1 aromatic heterocycles. The van der Waals surface area contributed by atoms with E-state index in [2.05, 4.69) is 10.4 Å². The molecule has 19 heavy (non-hydrogen) atoms. The van der Waals surface area contributed by atoms with Crippen LogP contribution in [-0.2, 0) is 16.8 Å². The van der Waals surface area contributed by atoms with Gasteiger partial charge in [-0.15, -0.1) is 0 Å². The van der Waals surface area contributed by atoms with Gasteiger partial charge >= 0.3 is 10.3 Å². The van der Waals surface area contributed by atoms with Crippen molar-refractivity contribution >= 4 is 16.2 Å². The highest BCUT2D eigenvalue weighted by molar-refractivity contribution is 7.83. The summed E-state index contributed by atoms with van der Waals surface area (Å²) in [5.74, 6) is -0.216. The third-order valence-corrected chi connectivity index (χ3v) is 2.88. The fraction of sp³-hybridized carbons (Fsp3) is 0.500. The Balaban J connectivity index is 2.64. The third kappa shape index (κ3) is 5.73. The van der Waals surface area contributed by atoms with E-state index in [1.807, 2.05) is 11.6 Å². The monoisotopic (exact) mass is 289 g/mol. The number of nitrogens with one attached hydrogen (secondary N) is 2. The van der Waals surface area contributed by atoms with Gasteiger partial charge < -0.3 is 5.32 Å². The molecule has 0 fully saturated rings. The minimum atomic E-state index is -4.23. The molecule has 8 nitrogen and oxygen atoms in total. The number of hydrogen-bond acceptors (Lipinski definition) is 4. The molecule has 1 rings (SSSR count). The van der Waals surface area contributed by atoms with Gasteiger partial charge in [0.05, 0.1) is 11.6 Å². The maximum Gasteiger partial charge on any atom is 0.333 e. The number of hydrogen-bond donors (Lipinski definition) is 3. The molecule has 0 spiro atoms. The summed E-state index contributed by atoms with van der Waals surface area (Å²) in [6.07, 6.45) is 2.96. The average molecular weight is 289 g/mol. The number of carbonyl (C=O) groups is 1. The molecule has 0 radical (unpaired) electrons. The molecule has 0 unspecified atom stereocenters. The molecular weight excluding hydrogens is 272 g/mol. The summed E-state index contributed by atoms with van der Waals surface area (Å²) in [5, 5.41) is 6.63. The topological polar surface area (TPSA) is 112 Å². The highest BCUT2D eigenvalue weighted by Crippen LogP contribution is 1.93. The zero-order valence-electron chi connectivity index (χ0n) is 10.7. The van der Waals surface area contributed by atoms with Crippen molar-refractivity contribution in [2.75, 3.05) is 6.54 Å². The SMILES string of the molecule is CCNC(=O)c1cc[n+](C[C@H](C)NS(=O)(=O)O)nc1. The molecular formula is C10H17N4O4S+. The van der Waals surface area contributed by atoms with Gasteiger partial charge in [-0.25, -0.2) is 0 Å². The molecule has 9 heteroatoms. The predicted octanol–water partition coefficient (Wildman–Crippen LogP) is -1.10. The Morgan fingerprint density at radius 1 is 1.58 bits per heavy atom. The maximum atomic E-state index is 11.5. The molecule has 1 atom stereocenters. The number of nitrogens with zero attached hydrogens (tertiary/aromatic N) is 2. The second-order valence-corrected chi connectivity index (χ2v) is 5.18. The van der Waals surface area contributed by atoms with Crippen LogP contribution in [0, 0.1) is 0 Å². The van der Waals surface area contributed by atoms with Crippen molar-refractivity contribution < 1.29 is 22.4 Å². The van der Waals surface area contributed by atoms with E-state index < -0.39 is 16.3 Å². The van der Waals surface area contributed by atoms with Gasteiger partial charge in [-0.05, 0) is 18.9 Å². The van der Waals surface area contributed by atoms with Gasteiger partial charge in [0.15, 0.2) is 12.7 Å². The van der Waals surface area contributed by atoms with E-state index >= 15 is 0 Å². The third-order valence-electron chi connectivity index (χ3n) is 2.18. The fourth-order valence-corrected chi connectivity index (χ4v) is 2.04. The quantitative estimate of drug-likeness (QED) is 0.454. The Morgan fingerprint density at radius 2 is 2.26 bits per heavy atom. The Kier molecular flexibility index (Phi) is 5.33. The molecule has 1 heterocycles. The summed E-state index contributed by atoms with van der Waals surface area (Å²) in [7, 11) is -4.23. The minimum Gasteiger partial charge on any atom is -0.352 e. The summed E-state index contributed by atoms with van der Waals surface area (Å²) in [4.78, 5) is 11.5. The molecule has 1 amide bonds. The van der Waals surface area contributed by atoms with E-state index in [1.165, 1.54) is 10.9 Å². The predicted molar refractivity (Wildman–Crippen MR) is 66.6 cm³/mol. The molecule has 0 saturated carbocycles. The smallest absolute Gasteiger partial charge is 0.333 e. The van der Waals surface area contributed by atoms with Crippen molar-refractivity contribution in [2.24, 2.45) is 0 Å². The van der Waals surface area contributed by atoms with Crippen LogP contribution in [0.15, 0.2) is 18.5 Å². The Morgan fingerprint density at radius 3 is 2.74 bits per heavy atom. The van der Waals surface area contributed by atoms with E-state index in [-0.39, 0.29) is 12.5 Å². The molecule has 0 saturated heterocycles. The minimum absolute atomic E-state index is 0.216. The Hall–Kier alpha value is -1.58. The van der Waals surface area contributed by atoms with Crippen LogP contribution < -0.4 is 14.7 Å². The molecule has 106 valence electrons. The largest absolute Gasteiger partial charge is 0.352 e. The van der Waals surface area contributed by atoms with Crippen LogP contribution in [0.25, 0.3) is 0 Å². The van der Waals surface area contributed by atoms with Crippen LogP contribution in [0.4, 0.5) is 0 Å². The number of carbonyl (C=O) groups excluding carboxylic acids is 1. The van der Waals surface area contributed by atoms with Gasteiger partial charge in [-0.1, -0.05) is 4.68 Å². The first kappa shape index (κ1) is 15.5. The first-order valence-electron chi connectivity index (χ1n) is 5.70. The van der Waals surface area contributed by atoms with Crippen molar-refractivity contribution in [3.63, 3.8) is 0 Å². The van der Waals surface area contributed by atoms with Crippen LogP contribution in [-0.4, -0.2) is 36.6 Å². The van der Waals surface area contributed by atoms with Gasteiger partial charge in [0, 0.05) is 12.6 Å². The van der Waals surface area contributed by atoms with Crippen LogP contribution in [0.1, 0.15) is 24.2 Å². The molecule has 0 aromatic carbocycles. The van der Waals surface area contributed by atoms with Crippen LogP contribution >= 0.6 is 0 Å². The molecule has 0 aliphatic carbocycles. The summed E-state index contributed by atoms with van der Waals surface area (Å²) in [5.41, 5.74) is 0.425. The van der Waals surface area contributed by atoms with Gasteiger partial charge in [-0.2, -0.15) is 13.1 Å².